The van der Waals surface area contributed by atoms with Crippen LogP contribution >= 0.6 is 0 Å². The molecule has 0 saturated carbocycles. The molecule has 0 aliphatic carbocycles. The molecule has 1 aliphatic heterocycles. The highest BCUT2D eigenvalue weighted by molar-refractivity contribution is 6.16. The Bertz CT molecular complexity index is 1420. The fraction of sp³-hybridized carbons (Fsp3) is 0.0769. The highest BCUT2D eigenvalue weighted by atomic mass is 16.7. The van der Waals surface area contributed by atoms with E-state index in [9.17, 15) is 9.59 Å². The lowest BCUT2D eigenvalue weighted by Gasteiger charge is -2.09. The van der Waals surface area contributed by atoms with Gasteiger partial charge in [0.1, 0.15) is 17.0 Å². The zero-order chi connectivity index (χ0) is 23.5. The SMILES string of the molecule is COc1ccccc1NC(=O)c1oc2ccccc2c1NC(=O)C=Cc1ccc2c(c1)OCO2. The Labute approximate surface area is 194 Å². The monoisotopic (exact) mass is 456 g/mol. The average molecular weight is 456 g/mol. The van der Waals surface area contributed by atoms with Crippen LogP contribution in [0.3, 0.4) is 0 Å². The number of carbonyl (C=O) groups is 2. The number of para-hydroxylation sites is 3. The van der Waals surface area contributed by atoms with Crippen LogP contribution in [-0.4, -0.2) is 25.7 Å². The Morgan fingerprint density at radius 2 is 1.74 bits per heavy atom. The highest BCUT2D eigenvalue weighted by Gasteiger charge is 2.22. The zero-order valence-corrected chi connectivity index (χ0v) is 18.2. The third-order valence-electron chi connectivity index (χ3n) is 5.23. The maximum Gasteiger partial charge on any atom is 0.293 e. The summed E-state index contributed by atoms with van der Waals surface area (Å²) in [6.45, 7) is 0.177. The van der Waals surface area contributed by atoms with Gasteiger partial charge in [-0.25, -0.2) is 0 Å². The van der Waals surface area contributed by atoms with Crippen LogP contribution in [0.4, 0.5) is 11.4 Å². The van der Waals surface area contributed by atoms with Gasteiger partial charge in [-0.1, -0.05) is 30.3 Å². The van der Waals surface area contributed by atoms with Gasteiger partial charge >= 0.3 is 0 Å². The molecule has 0 fully saturated rings. The molecule has 0 radical (unpaired) electrons. The predicted molar refractivity (Wildman–Crippen MR) is 127 cm³/mol. The summed E-state index contributed by atoms with van der Waals surface area (Å²) in [6.07, 6.45) is 3.02. The van der Waals surface area contributed by atoms with E-state index in [0.29, 0.717) is 33.9 Å². The van der Waals surface area contributed by atoms with Gasteiger partial charge in [0.25, 0.3) is 5.91 Å². The topological polar surface area (TPSA) is 99.0 Å². The standard InChI is InChI=1S/C26H20N2O6/c1-31-20-9-5-3-7-18(20)27-26(30)25-24(17-6-2-4-8-19(17)34-25)28-23(29)13-11-16-10-12-21-22(14-16)33-15-32-21/h2-14H,15H2,1H3,(H,27,30)(H,28,29). The van der Waals surface area contributed by atoms with Gasteiger partial charge in [-0.3, -0.25) is 9.59 Å². The van der Waals surface area contributed by atoms with Crippen molar-refractivity contribution in [3.63, 3.8) is 0 Å². The molecule has 8 heteroatoms. The second-order valence-corrected chi connectivity index (χ2v) is 7.39. The largest absolute Gasteiger partial charge is 0.495 e. The van der Waals surface area contributed by atoms with Crippen LogP contribution < -0.4 is 24.8 Å². The zero-order valence-electron chi connectivity index (χ0n) is 18.2. The molecule has 3 aromatic carbocycles. The van der Waals surface area contributed by atoms with E-state index in [-0.39, 0.29) is 18.2 Å². The molecule has 2 N–H and O–H groups in total. The van der Waals surface area contributed by atoms with Gasteiger partial charge < -0.3 is 29.3 Å². The van der Waals surface area contributed by atoms with Crippen molar-refractivity contribution in [1.29, 1.82) is 0 Å². The van der Waals surface area contributed by atoms with Gasteiger partial charge in [-0.15, -0.1) is 0 Å². The first-order valence-corrected chi connectivity index (χ1v) is 10.5. The maximum atomic E-state index is 13.1. The van der Waals surface area contributed by atoms with Crippen LogP contribution in [0, 0.1) is 0 Å². The van der Waals surface area contributed by atoms with Crippen molar-refractivity contribution in [1.82, 2.24) is 0 Å². The summed E-state index contributed by atoms with van der Waals surface area (Å²) in [6, 6.07) is 19.5. The highest BCUT2D eigenvalue weighted by Crippen LogP contribution is 2.34. The van der Waals surface area contributed by atoms with Crippen LogP contribution in [0.15, 0.2) is 77.2 Å². The van der Waals surface area contributed by atoms with E-state index in [1.807, 2.05) is 6.07 Å². The summed E-state index contributed by atoms with van der Waals surface area (Å²) in [4.78, 5) is 25.8. The summed E-state index contributed by atoms with van der Waals surface area (Å²) in [5.74, 6) is 0.836. The maximum absolute atomic E-state index is 13.1. The lowest BCUT2D eigenvalue weighted by Crippen LogP contribution is -2.16. The van der Waals surface area contributed by atoms with Crippen LogP contribution in [0.5, 0.6) is 17.2 Å². The van der Waals surface area contributed by atoms with Gasteiger partial charge in [-0.2, -0.15) is 0 Å². The molecule has 1 aromatic heterocycles. The number of fused-ring (bicyclic) bond motifs is 2. The van der Waals surface area contributed by atoms with E-state index in [4.69, 9.17) is 18.6 Å². The molecule has 0 saturated heterocycles. The van der Waals surface area contributed by atoms with Crippen molar-refractivity contribution < 1.29 is 28.2 Å². The van der Waals surface area contributed by atoms with Crippen molar-refractivity contribution in [2.75, 3.05) is 24.5 Å². The molecule has 0 spiro atoms. The molecule has 4 aromatic rings. The van der Waals surface area contributed by atoms with E-state index in [1.165, 1.54) is 13.2 Å². The Kier molecular flexibility index (Phi) is 5.61. The minimum atomic E-state index is -0.518. The van der Waals surface area contributed by atoms with Crippen molar-refractivity contribution in [3.8, 4) is 17.2 Å². The molecular weight excluding hydrogens is 436 g/mol. The van der Waals surface area contributed by atoms with Crippen LogP contribution in [0.25, 0.3) is 17.0 Å². The average Bonchev–Trinajstić information content (AvgIpc) is 3.47. The summed E-state index contributed by atoms with van der Waals surface area (Å²) in [5.41, 5.74) is 2.01. The number of carbonyl (C=O) groups excluding carboxylic acids is 2. The number of ether oxygens (including phenoxy) is 3. The molecule has 170 valence electrons. The fourth-order valence-electron chi connectivity index (χ4n) is 3.61. The molecule has 0 bridgehead atoms. The molecule has 2 heterocycles. The van der Waals surface area contributed by atoms with Crippen molar-refractivity contribution in [2.24, 2.45) is 0 Å². The third-order valence-corrected chi connectivity index (χ3v) is 5.23. The van der Waals surface area contributed by atoms with Gasteiger partial charge in [0.15, 0.2) is 11.5 Å². The molecule has 5 rings (SSSR count). The van der Waals surface area contributed by atoms with E-state index in [1.54, 1.807) is 66.7 Å². The first-order chi connectivity index (χ1) is 16.6. The lowest BCUT2D eigenvalue weighted by atomic mass is 10.2. The summed E-state index contributed by atoms with van der Waals surface area (Å²) in [7, 11) is 1.52. The summed E-state index contributed by atoms with van der Waals surface area (Å²) in [5, 5.41) is 6.17. The molecule has 0 unspecified atom stereocenters. The molecule has 2 amide bonds. The van der Waals surface area contributed by atoms with Gasteiger partial charge in [0.05, 0.1) is 12.8 Å². The molecular formula is C26H20N2O6. The van der Waals surface area contributed by atoms with Crippen LogP contribution in [-0.2, 0) is 4.79 Å². The number of furan rings is 1. The second-order valence-electron chi connectivity index (χ2n) is 7.39. The minimum absolute atomic E-state index is 0.0167. The predicted octanol–water partition coefficient (Wildman–Crippen LogP) is 5.07. The number of hydrogen-bond acceptors (Lipinski definition) is 6. The Balaban J connectivity index is 1.40. The minimum Gasteiger partial charge on any atom is -0.495 e. The van der Waals surface area contributed by atoms with E-state index in [0.717, 1.165) is 5.56 Å². The molecule has 34 heavy (non-hydrogen) atoms. The Morgan fingerprint density at radius 3 is 2.62 bits per heavy atom. The van der Waals surface area contributed by atoms with Crippen LogP contribution in [0.1, 0.15) is 16.1 Å². The van der Waals surface area contributed by atoms with Gasteiger partial charge in [0, 0.05) is 11.5 Å². The number of hydrogen-bond donors (Lipinski definition) is 2. The van der Waals surface area contributed by atoms with Crippen molar-refractivity contribution >= 4 is 40.2 Å². The summed E-state index contributed by atoms with van der Waals surface area (Å²) < 4.78 is 21.8. The molecule has 8 nitrogen and oxygen atoms in total. The number of rotatable bonds is 6. The normalized spacial score (nSPS) is 12.1. The van der Waals surface area contributed by atoms with Gasteiger partial charge in [0.2, 0.25) is 18.5 Å². The number of nitrogens with one attached hydrogen (secondary N) is 2. The van der Waals surface area contributed by atoms with Crippen molar-refractivity contribution in [3.05, 3.63) is 84.1 Å². The Morgan fingerprint density at radius 1 is 0.941 bits per heavy atom. The Hall–Kier alpha value is -4.72. The third kappa shape index (κ3) is 4.16. The first kappa shape index (κ1) is 21.1. The van der Waals surface area contributed by atoms with E-state index in [2.05, 4.69) is 10.6 Å². The van der Waals surface area contributed by atoms with Gasteiger partial charge in [-0.05, 0) is 48.0 Å². The number of amides is 2. The smallest absolute Gasteiger partial charge is 0.293 e. The fourth-order valence-corrected chi connectivity index (χ4v) is 3.61. The second kappa shape index (κ2) is 9.03. The van der Waals surface area contributed by atoms with E-state index >= 15 is 0 Å². The number of methoxy groups -OCH3 is 1. The van der Waals surface area contributed by atoms with Crippen molar-refractivity contribution in [2.45, 2.75) is 0 Å². The first-order valence-electron chi connectivity index (χ1n) is 10.5. The molecule has 0 atom stereocenters. The summed E-state index contributed by atoms with van der Waals surface area (Å²) >= 11 is 0. The van der Waals surface area contributed by atoms with E-state index < -0.39 is 11.8 Å². The van der Waals surface area contributed by atoms with Crippen LogP contribution in [0.2, 0.25) is 0 Å². The number of benzene rings is 3. The lowest BCUT2D eigenvalue weighted by molar-refractivity contribution is -0.111. The molecule has 1 aliphatic rings. The quantitative estimate of drug-likeness (QED) is 0.393. The number of anilines is 2.